The first-order valence-corrected chi connectivity index (χ1v) is 11.2. The van der Waals surface area contributed by atoms with Gasteiger partial charge < -0.3 is 10.2 Å². The maximum atomic E-state index is 12.6. The van der Waals surface area contributed by atoms with Crippen LogP contribution in [0.4, 0.5) is 5.69 Å². The van der Waals surface area contributed by atoms with Crippen LogP contribution in [0.5, 0.6) is 0 Å². The van der Waals surface area contributed by atoms with E-state index in [1.54, 1.807) is 20.8 Å². The van der Waals surface area contributed by atoms with Crippen LogP contribution in [0.15, 0.2) is 53.4 Å². The maximum Gasteiger partial charge on any atom is 0.251 e. The summed E-state index contributed by atoms with van der Waals surface area (Å²) in [6.07, 6.45) is 0.751. The SMILES string of the molecule is CN(CCCNC(=O)c1ccc(Cl)c(S(=O)(=O)NC(C)(C)C)c1)c1ccccc1. The molecule has 8 heteroatoms. The second-order valence-corrected chi connectivity index (χ2v) is 9.93. The molecule has 6 nitrogen and oxygen atoms in total. The van der Waals surface area contributed by atoms with Crippen LogP contribution >= 0.6 is 11.6 Å². The molecule has 0 unspecified atom stereocenters. The van der Waals surface area contributed by atoms with Gasteiger partial charge in [0.25, 0.3) is 5.91 Å². The van der Waals surface area contributed by atoms with E-state index in [1.165, 1.54) is 18.2 Å². The van der Waals surface area contributed by atoms with Crippen molar-refractivity contribution in [3.8, 4) is 0 Å². The molecule has 0 radical (unpaired) electrons. The first-order chi connectivity index (χ1) is 13.5. The molecular weight excluding hydrogens is 410 g/mol. The van der Waals surface area contributed by atoms with Crippen molar-refractivity contribution in [1.29, 1.82) is 0 Å². The zero-order valence-electron chi connectivity index (χ0n) is 17.2. The van der Waals surface area contributed by atoms with E-state index in [9.17, 15) is 13.2 Å². The summed E-state index contributed by atoms with van der Waals surface area (Å²) in [6.45, 7) is 6.46. The number of rotatable bonds is 8. The summed E-state index contributed by atoms with van der Waals surface area (Å²) < 4.78 is 27.7. The van der Waals surface area contributed by atoms with Gasteiger partial charge in [-0.25, -0.2) is 13.1 Å². The monoisotopic (exact) mass is 437 g/mol. The average Bonchev–Trinajstić information content (AvgIpc) is 2.63. The van der Waals surface area contributed by atoms with Crippen LogP contribution in [0.1, 0.15) is 37.6 Å². The Morgan fingerprint density at radius 3 is 2.38 bits per heavy atom. The Morgan fingerprint density at radius 2 is 1.76 bits per heavy atom. The number of sulfonamides is 1. The Labute approximate surface area is 178 Å². The van der Waals surface area contributed by atoms with Gasteiger partial charge in [-0.15, -0.1) is 0 Å². The molecule has 0 spiro atoms. The lowest BCUT2D eigenvalue weighted by molar-refractivity contribution is 0.0953. The molecule has 2 aromatic carbocycles. The van der Waals surface area contributed by atoms with Crippen LogP contribution in [0.3, 0.4) is 0 Å². The number of carbonyl (C=O) groups is 1. The Hall–Kier alpha value is -2.09. The summed E-state index contributed by atoms with van der Waals surface area (Å²) in [7, 11) is -1.84. The second-order valence-electron chi connectivity index (χ2n) is 7.87. The lowest BCUT2D eigenvalue weighted by Gasteiger charge is -2.21. The molecule has 0 heterocycles. The van der Waals surface area contributed by atoms with Gasteiger partial charge in [0.15, 0.2) is 0 Å². The molecule has 2 rings (SSSR count). The number of hydrogen-bond donors (Lipinski definition) is 2. The van der Waals surface area contributed by atoms with Gasteiger partial charge >= 0.3 is 0 Å². The molecule has 0 aliphatic carbocycles. The molecule has 29 heavy (non-hydrogen) atoms. The molecule has 1 amide bonds. The van der Waals surface area contributed by atoms with Crippen LogP contribution in [0.25, 0.3) is 0 Å². The van der Waals surface area contributed by atoms with Crippen molar-refractivity contribution in [3.63, 3.8) is 0 Å². The summed E-state index contributed by atoms with van der Waals surface area (Å²) in [5.74, 6) is -0.337. The topological polar surface area (TPSA) is 78.5 Å². The highest BCUT2D eigenvalue weighted by molar-refractivity contribution is 7.89. The largest absolute Gasteiger partial charge is 0.375 e. The lowest BCUT2D eigenvalue weighted by Crippen LogP contribution is -2.40. The van der Waals surface area contributed by atoms with E-state index in [-0.39, 0.29) is 21.4 Å². The number of carbonyl (C=O) groups excluding carboxylic acids is 1. The molecule has 0 aromatic heterocycles. The maximum absolute atomic E-state index is 12.6. The second kappa shape index (κ2) is 9.61. The highest BCUT2D eigenvalue weighted by Crippen LogP contribution is 2.24. The average molecular weight is 438 g/mol. The predicted molar refractivity (Wildman–Crippen MR) is 118 cm³/mol. The highest BCUT2D eigenvalue weighted by atomic mass is 35.5. The van der Waals surface area contributed by atoms with Crippen molar-refractivity contribution in [2.75, 3.05) is 25.0 Å². The minimum atomic E-state index is -3.84. The molecule has 2 aromatic rings. The number of benzene rings is 2. The number of hydrogen-bond acceptors (Lipinski definition) is 4. The standard InChI is InChI=1S/C21H28ClN3O3S/c1-21(2,3)24-29(27,28)19-15-16(11-12-18(19)22)20(26)23-13-8-14-25(4)17-9-6-5-7-10-17/h5-7,9-12,15,24H,8,13-14H2,1-4H3,(H,23,26). The van der Waals surface area contributed by atoms with Gasteiger partial charge in [0.2, 0.25) is 10.0 Å². The lowest BCUT2D eigenvalue weighted by atomic mass is 10.1. The van der Waals surface area contributed by atoms with Crippen LogP contribution in [0.2, 0.25) is 5.02 Å². The van der Waals surface area contributed by atoms with Gasteiger partial charge in [0.05, 0.1) is 5.02 Å². The van der Waals surface area contributed by atoms with Crippen molar-refractivity contribution >= 4 is 33.2 Å². The van der Waals surface area contributed by atoms with Crippen LogP contribution < -0.4 is 14.9 Å². The molecule has 0 atom stereocenters. The Bertz CT molecular complexity index is 941. The Kier molecular flexibility index (Phi) is 7.68. The van der Waals surface area contributed by atoms with Crippen molar-refractivity contribution < 1.29 is 13.2 Å². The van der Waals surface area contributed by atoms with Gasteiger partial charge in [-0.3, -0.25) is 4.79 Å². The molecule has 158 valence electrons. The van der Waals surface area contributed by atoms with E-state index in [2.05, 4.69) is 14.9 Å². The predicted octanol–water partition coefficient (Wildman–Crippen LogP) is 3.67. The van der Waals surface area contributed by atoms with Crippen LogP contribution in [-0.4, -0.2) is 40.0 Å². The number of amides is 1. The highest BCUT2D eigenvalue weighted by Gasteiger charge is 2.25. The normalized spacial score (nSPS) is 11.9. The molecule has 0 fully saturated rings. The van der Waals surface area contributed by atoms with Crippen molar-refractivity contribution in [2.45, 2.75) is 37.6 Å². The van der Waals surface area contributed by atoms with Crippen LogP contribution in [0, 0.1) is 0 Å². The number of nitrogens with one attached hydrogen (secondary N) is 2. The van der Waals surface area contributed by atoms with Gasteiger partial charge in [0.1, 0.15) is 4.90 Å². The summed E-state index contributed by atoms with van der Waals surface area (Å²) in [4.78, 5) is 14.5. The fraction of sp³-hybridized carbons (Fsp3) is 0.381. The van der Waals surface area contributed by atoms with E-state index in [1.807, 2.05) is 37.4 Å². The third-order valence-corrected chi connectivity index (χ3v) is 6.32. The minimum Gasteiger partial charge on any atom is -0.375 e. The number of para-hydroxylation sites is 1. The smallest absolute Gasteiger partial charge is 0.251 e. The third kappa shape index (κ3) is 7.03. The van der Waals surface area contributed by atoms with Gasteiger partial charge in [0, 0.05) is 36.9 Å². The summed E-state index contributed by atoms with van der Waals surface area (Å²) in [6, 6.07) is 14.2. The molecular formula is C21H28ClN3O3S. The van der Waals surface area contributed by atoms with E-state index < -0.39 is 15.6 Å². The summed E-state index contributed by atoms with van der Waals surface area (Å²) >= 11 is 6.08. The summed E-state index contributed by atoms with van der Waals surface area (Å²) in [5.41, 5.74) is 0.698. The molecule has 0 saturated heterocycles. The van der Waals surface area contributed by atoms with Gasteiger partial charge in [-0.1, -0.05) is 29.8 Å². The Balaban J connectivity index is 1.97. The summed E-state index contributed by atoms with van der Waals surface area (Å²) in [5, 5.41) is 2.90. The fourth-order valence-electron chi connectivity index (χ4n) is 2.74. The number of nitrogens with zero attached hydrogens (tertiary/aromatic N) is 1. The molecule has 0 aliphatic rings. The van der Waals surface area contributed by atoms with E-state index in [4.69, 9.17) is 11.6 Å². The van der Waals surface area contributed by atoms with Gasteiger partial charge in [-0.05, 0) is 57.5 Å². The van der Waals surface area contributed by atoms with Gasteiger partial charge in [-0.2, -0.15) is 0 Å². The zero-order chi connectivity index (χ0) is 21.7. The first-order valence-electron chi connectivity index (χ1n) is 9.37. The minimum absolute atomic E-state index is 0.0720. The van der Waals surface area contributed by atoms with E-state index in [0.29, 0.717) is 6.54 Å². The molecule has 0 aliphatic heterocycles. The molecule has 0 saturated carbocycles. The zero-order valence-corrected chi connectivity index (χ0v) is 18.8. The Morgan fingerprint density at radius 1 is 1.10 bits per heavy atom. The van der Waals surface area contributed by atoms with Crippen LogP contribution in [-0.2, 0) is 10.0 Å². The van der Waals surface area contributed by atoms with E-state index >= 15 is 0 Å². The fourth-order valence-corrected chi connectivity index (χ4v) is 4.69. The van der Waals surface area contributed by atoms with E-state index in [0.717, 1.165) is 18.7 Å². The number of anilines is 1. The van der Waals surface area contributed by atoms with Crippen molar-refractivity contribution in [1.82, 2.24) is 10.0 Å². The molecule has 2 N–H and O–H groups in total. The molecule has 0 bridgehead atoms. The number of halogens is 1. The van der Waals surface area contributed by atoms with Crippen molar-refractivity contribution in [3.05, 3.63) is 59.1 Å². The third-order valence-electron chi connectivity index (χ3n) is 4.08. The van der Waals surface area contributed by atoms with Crippen molar-refractivity contribution in [2.24, 2.45) is 0 Å². The first kappa shape index (κ1) is 23.2. The quantitative estimate of drug-likeness (QED) is 0.617.